The molecule has 0 aliphatic carbocycles. The lowest BCUT2D eigenvalue weighted by Crippen LogP contribution is -2.08. The maximum atomic E-state index is 6.15. The SMILES string of the molecule is C=Cc1nccn1CCOc1ccc2c(OCc3nnc4ccc(-c5ccccc5)nn34)ccnc2c1. The highest BCUT2D eigenvalue weighted by Gasteiger charge is 2.11. The molecule has 0 aliphatic heterocycles. The number of nitrogens with zero attached hydrogens (tertiary/aromatic N) is 7. The van der Waals surface area contributed by atoms with Crippen molar-refractivity contribution in [1.29, 1.82) is 0 Å². The topological polar surface area (TPSA) is 92.2 Å². The van der Waals surface area contributed by atoms with Crippen LogP contribution in [0.4, 0.5) is 0 Å². The Morgan fingerprint density at radius 3 is 2.70 bits per heavy atom. The van der Waals surface area contributed by atoms with Crippen LogP contribution in [0.2, 0.25) is 0 Å². The first-order valence-electron chi connectivity index (χ1n) is 11.8. The van der Waals surface area contributed by atoms with E-state index in [0.717, 1.165) is 33.7 Å². The molecule has 0 radical (unpaired) electrons. The lowest BCUT2D eigenvalue weighted by molar-refractivity contribution is 0.295. The summed E-state index contributed by atoms with van der Waals surface area (Å²) in [5, 5.41) is 14.1. The zero-order valence-electron chi connectivity index (χ0n) is 19.9. The number of aromatic nitrogens is 7. The second-order valence-corrected chi connectivity index (χ2v) is 8.28. The van der Waals surface area contributed by atoms with E-state index in [4.69, 9.17) is 14.6 Å². The second-order valence-electron chi connectivity index (χ2n) is 8.28. The first-order chi connectivity index (χ1) is 18.3. The standard InChI is InChI=1S/C28H23N7O2/c1-2-26-30-14-15-34(26)16-17-36-21-8-9-22-24(18-21)29-13-12-25(22)37-19-28-32-31-27-11-10-23(33-35(27)28)20-6-4-3-5-7-20/h2-15,18H,1,16-17,19H2. The van der Waals surface area contributed by atoms with E-state index in [1.54, 1.807) is 23.0 Å². The fraction of sp³-hybridized carbons (Fsp3) is 0.107. The molecule has 4 heterocycles. The van der Waals surface area contributed by atoms with Gasteiger partial charge in [-0.3, -0.25) is 4.98 Å². The number of hydrogen-bond acceptors (Lipinski definition) is 7. The zero-order valence-corrected chi connectivity index (χ0v) is 19.9. The summed E-state index contributed by atoms with van der Waals surface area (Å²) in [5.74, 6) is 2.86. The predicted octanol–water partition coefficient (Wildman–Crippen LogP) is 4.84. The Morgan fingerprint density at radius 1 is 0.892 bits per heavy atom. The van der Waals surface area contributed by atoms with Crippen LogP contribution in [0.25, 0.3) is 33.9 Å². The molecule has 0 saturated heterocycles. The van der Waals surface area contributed by atoms with Crippen LogP contribution in [0.1, 0.15) is 11.6 Å². The minimum Gasteiger partial charge on any atom is -0.492 e. The van der Waals surface area contributed by atoms with E-state index in [0.29, 0.717) is 30.4 Å². The second kappa shape index (κ2) is 9.90. The van der Waals surface area contributed by atoms with Crippen LogP contribution in [0.5, 0.6) is 11.5 Å². The maximum absolute atomic E-state index is 6.15. The number of fused-ring (bicyclic) bond motifs is 2. The minimum atomic E-state index is 0.209. The Labute approximate surface area is 212 Å². The van der Waals surface area contributed by atoms with Gasteiger partial charge in [0.15, 0.2) is 11.5 Å². The molecule has 182 valence electrons. The van der Waals surface area contributed by atoms with E-state index < -0.39 is 0 Å². The molecule has 0 saturated carbocycles. The van der Waals surface area contributed by atoms with Crippen molar-refractivity contribution in [3.05, 3.63) is 104 Å². The van der Waals surface area contributed by atoms with Crippen LogP contribution in [0.3, 0.4) is 0 Å². The average molecular weight is 490 g/mol. The van der Waals surface area contributed by atoms with E-state index >= 15 is 0 Å². The molecular formula is C28H23N7O2. The third kappa shape index (κ3) is 4.62. The molecule has 37 heavy (non-hydrogen) atoms. The van der Waals surface area contributed by atoms with Crippen molar-refractivity contribution in [1.82, 2.24) is 34.3 Å². The fourth-order valence-corrected chi connectivity index (χ4v) is 4.11. The van der Waals surface area contributed by atoms with E-state index in [1.807, 2.05) is 77.5 Å². The van der Waals surface area contributed by atoms with Gasteiger partial charge in [-0.1, -0.05) is 36.9 Å². The zero-order chi connectivity index (χ0) is 25.0. The third-order valence-electron chi connectivity index (χ3n) is 5.96. The van der Waals surface area contributed by atoms with Gasteiger partial charge < -0.3 is 14.0 Å². The normalized spacial score (nSPS) is 11.1. The van der Waals surface area contributed by atoms with Crippen LogP contribution < -0.4 is 9.47 Å². The number of rotatable bonds is 9. The highest BCUT2D eigenvalue weighted by molar-refractivity contribution is 5.85. The third-order valence-corrected chi connectivity index (χ3v) is 5.96. The Balaban J connectivity index is 1.17. The minimum absolute atomic E-state index is 0.209. The highest BCUT2D eigenvalue weighted by atomic mass is 16.5. The van der Waals surface area contributed by atoms with Gasteiger partial charge >= 0.3 is 0 Å². The van der Waals surface area contributed by atoms with Crippen molar-refractivity contribution in [2.45, 2.75) is 13.2 Å². The van der Waals surface area contributed by atoms with E-state index in [9.17, 15) is 0 Å². The summed E-state index contributed by atoms with van der Waals surface area (Å²) in [6.45, 7) is 5.15. The Kier molecular flexibility index (Phi) is 6.00. The van der Waals surface area contributed by atoms with Gasteiger partial charge in [0.05, 0.1) is 17.8 Å². The number of imidazole rings is 1. The quantitative estimate of drug-likeness (QED) is 0.287. The average Bonchev–Trinajstić information content (AvgIpc) is 3.58. The summed E-state index contributed by atoms with van der Waals surface area (Å²) in [7, 11) is 0. The Hall–Kier alpha value is -5.05. The summed E-state index contributed by atoms with van der Waals surface area (Å²) in [6, 6.07) is 21.4. The van der Waals surface area contributed by atoms with Crippen LogP contribution in [-0.4, -0.2) is 41.0 Å². The molecule has 0 unspecified atom stereocenters. The highest BCUT2D eigenvalue weighted by Crippen LogP contribution is 2.28. The molecular weight excluding hydrogens is 466 g/mol. The van der Waals surface area contributed by atoms with E-state index in [-0.39, 0.29) is 6.61 Å². The molecule has 9 nitrogen and oxygen atoms in total. The lowest BCUT2D eigenvalue weighted by atomic mass is 10.1. The van der Waals surface area contributed by atoms with Crippen molar-refractivity contribution in [2.75, 3.05) is 6.61 Å². The summed E-state index contributed by atoms with van der Waals surface area (Å²) in [4.78, 5) is 8.73. The van der Waals surface area contributed by atoms with Crippen molar-refractivity contribution in [2.24, 2.45) is 0 Å². The van der Waals surface area contributed by atoms with Gasteiger partial charge in [-0.25, -0.2) is 4.98 Å². The van der Waals surface area contributed by atoms with Crippen LogP contribution in [-0.2, 0) is 13.2 Å². The van der Waals surface area contributed by atoms with E-state index in [1.165, 1.54) is 0 Å². The molecule has 6 aromatic rings. The molecule has 9 heteroatoms. The summed E-state index contributed by atoms with van der Waals surface area (Å²) >= 11 is 0. The van der Waals surface area contributed by atoms with Gasteiger partial charge in [-0.05, 0) is 36.4 Å². The van der Waals surface area contributed by atoms with Crippen molar-refractivity contribution in [3.8, 4) is 22.8 Å². The van der Waals surface area contributed by atoms with Gasteiger partial charge in [-0.15, -0.1) is 10.2 Å². The largest absolute Gasteiger partial charge is 0.492 e. The van der Waals surface area contributed by atoms with Gasteiger partial charge in [0.25, 0.3) is 0 Å². The number of hydrogen-bond donors (Lipinski definition) is 0. The van der Waals surface area contributed by atoms with Crippen molar-refractivity contribution < 1.29 is 9.47 Å². The predicted molar refractivity (Wildman–Crippen MR) is 140 cm³/mol. The fourth-order valence-electron chi connectivity index (χ4n) is 4.11. The summed E-state index contributed by atoms with van der Waals surface area (Å²) < 4.78 is 15.8. The Morgan fingerprint density at radius 2 is 1.81 bits per heavy atom. The van der Waals surface area contributed by atoms with Crippen LogP contribution in [0.15, 0.2) is 91.9 Å². The van der Waals surface area contributed by atoms with Gasteiger partial charge in [0.2, 0.25) is 0 Å². The monoisotopic (exact) mass is 489 g/mol. The van der Waals surface area contributed by atoms with E-state index in [2.05, 4.69) is 26.7 Å². The smallest absolute Gasteiger partial charge is 0.192 e. The van der Waals surface area contributed by atoms with Gasteiger partial charge in [-0.2, -0.15) is 9.61 Å². The van der Waals surface area contributed by atoms with Crippen LogP contribution >= 0.6 is 0 Å². The molecule has 2 aromatic carbocycles. The Bertz CT molecular complexity index is 1690. The molecule has 0 amide bonds. The molecule has 4 aromatic heterocycles. The van der Waals surface area contributed by atoms with Gasteiger partial charge in [0.1, 0.15) is 30.5 Å². The molecule has 0 bridgehead atoms. The molecule has 0 spiro atoms. The molecule has 0 N–H and O–H groups in total. The van der Waals surface area contributed by atoms with Gasteiger partial charge in [0, 0.05) is 35.6 Å². The first-order valence-corrected chi connectivity index (χ1v) is 11.8. The summed E-state index contributed by atoms with van der Waals surface area (Å²) in [5.41, 5.74) is 3.30. The van der Waals surface area contributed by atoms with Crippen molar-refractivity contribution in [3.63, 3.8) is 0 Å². The summed E-state index contributed by atoms with van der Waals surface area (Å²) in [6.07, 6.45) is 7.10. The molecule has 0 atom stereocenters. The number of pyridine rings is 1. The maximum Gasteiger partial charge on any atom is 0.192 e. The molecule has 0 fully saturated rings. The van der Waals surface area contributed by atoms with Crippen LogP contribution in [0, 0.1) is 0 Å². The lowest BCUT2D eigenvalue weighted by Gasteiger charge is -2.11. The first kappa shape index (κ1) is 22.4. The number of ether oxygens (including phenoxy) is 2. The van der Waals surface area contributed by atoms with Crippen molar-refractivity contribution >= 4 is 22.6 Å². The molecule has 0 aliphatic rings. The number of benzene rings is 2. The molecule has 6 rings (SSSR count).